The van der Waals surface area contributed by atoms with Crippen LogP contribution in [0.2, 0.25) is 0 Å². The summed E-state index contributed by atoms with van der Waals surface area (Å²) in [5.41, 5.74) is 5.47. The van der Waals surface area contributed by atoms with E-state index in [4.69, 9.17) is 15.7 Å². The maximum Gasteiger partial charge on any atom is 0.308 e. The predicted molar refractivity (Wildman–Crippen MR) is 77.6 cm³/mol. The lowest BCUT2D eigenvalue weighted by Crippen LogP contribution is -2.48. The van der Waals surface area contributed by atoms with Gasteiger partial charge in [-0.3, -0.25) is 14.4 Å². The number of nitriles is 1. The minimum absolute atomic E-state index is 0.0847. The standard InChI is InChI=1S/C15H17N3O4/c1-9(6-7-16)13(14(17)20)18-15(21)11-4-3-5-12(8-11)22-10(2)19/h3-5,8-9,13H,6H2,1-2H3,(H2,17,20)(H,18,21)/t9-,13-/m1/s1. The average molecular weight is 303 g/mol. The van der Waals surface area contributed by atoms with Crippen LogP contribution in [0.1, 0.15) is 30.6 Å². The van der Waals surface area contributed by atoms with Crippen LogP contribution in [-0.2, 0) is 9.59 Å². The lowest BCUT2D eigenvalue weighted by Gasteiger charge is -2.20. The molecule has 3 N–H and O–H groups in total. The van der Waals surface area contributed by atoms with Gasteiger partial charge in [0.2, 0.25) is 5.91 Å². The number of benzene rings is 1. The summed E-state index contributed by atoms with van der Waals surface area (Å²) in [4.78, 5) is 34.5. The van der Waals surface area contributed by atoms with E-state index in [9.17, 15) is 14.4 Å². The molecule has 0 aliphatic carbocycles. The fourth-order valence-corrected chi connectivity index (χ4v) is 1.85. The summed E-state index contributed by atoms with van der Waals surface area (Å²) in [7, 11) is 0. The van der Waals surface area contributed by atoms with Gasteiger partial charge < -0.3 is 15.8 Å². The molecule has 0 unspecified atom stereocenters. The highest BCUT2D eigenvalue weighted by Crippen LogP contribution is 2.15. The molecule has 2 atom stereocenters. The number of rotatable bonds is 6. The second-order valence-corrected chi connectivity index (χ2v) is 4.81. The molecule has 0 aliphatic rings. The van der Waals surface area contributed by atoms with Gasteiger partial charge in [-0.2, -0.15) is 5.26 Å². The van der Waals surface area contributed by atoms with Crippen molar-refractivity contribution in [2.24, 2.45) is 11.7 Å². The Hall–Kier alpha value is -2.88. The smallest absolute Gasteiger partial charge is 0.308 e. The monoisotopic (exact) mass is 303 g/mol. The first-order valence-corrected chi connectivity index (χ1v) is 6.60. The van der Waals surface area contributed by atoms with Crippen LogP contribution >= 0.6 is 0 Å². The van der Waals surface area contributed by atoms with Crippen molar-refractivity contribution >= 4 is 17.8 Å². The Balaban J connectivity index is 2.88. The highest BCUT2D eigenvalue weighted by atomic mass is 16.5. The molecule has 0 spiro atoms. The van der Waals surface area contributed by atoms with E-state index in [2.05, 4.69) is 5.32 Å². The Morgan fingerprint density at radius 2 is 2.09 bits per heavy atom. The van der Waals surface area contributed by atoms with Crippen molar-refractivity contribution in [3.8, 4) is 11.8 Å². The number of nitrogens with zero attached hydrogens (tertiary/aromatic N) is 1. The van der Waals surface area contributed by atoms with Crippen molar-refractivity contribution < 1.29 is 19.1 Å². The maximum atomic E-state index is 12.2. The Kier molecular flexibility index (Phi) is 6.08. The van der Waals surface area contributed by atoms with Crippen molar-refractivity contribution in [3.63, 3.8) is 0 Å². The van der Waals surface area contributed by atoms with Crippen molar-refractivity contribution in [1.82, 2.24) is 5.32 Å². The van der Waals surface area contributed by atoms with Gasteiger partial charge in [0.15, 0.2) is 0 Å². The summed E-state index contributed by atoms with van der Waals surface area (Å²) in [6.45, 7) is 2.90. The maximum absolute atomic E-state index is 12.2. The lowest BCUT2D eigenvalue weighted by atomic mass is 9.98. The van der Waals surface area contributed by atoms with E-state index in [1.54, 1.807) is 13.0 Å². The van der Waals surface area contributed by atoms with E-state index in [1.807, 2.05) is 6.07 Å². The molecule has 2 amide bonds. The zero-order chi connectivity index (χ0) is 16.7. The third-order valence-corrected chi connectivity index (χ3v) is 2.93. The molecule has 0 heterocycles. The van der Waals surface area contributed by atoms with E-state index in [0.29, 0.717) is 0 Å². The highest BCUT2D eigenvalue weighted by molar-refractivity contribution is 5.97. The van der Waals surface area contributed by atoms with Crippen LogP contribution < -0.4 is 15.8 Å². The summed E-state index contributed by atoms with van der Waals surface area (Å²) >= 11 is 0. The van der Waals surface area contributed by atoms with Crippen molar-refractivity contribution in [2.45, 2.75) is 26.3 Å². The van der Waals surface area contributed by atoms with Crippen LogP contribution in [0.25, 0.3) is 0 Å². The summed E-state index contributed by atoms with van der Waals surface area (Å²) in [6, 6.07) is 6.94. The Labute approximate surface area is 128 Å². The summed E-state index contributed by atoms with van der Waals surface area (Å²) in [5.74, 6) is -1.95. The normalized spacial score (nSPS) is 12.6. The van der Waals surface area contributed by atoms with Gasteiger partial charge in [0.25, 0.3) is 5.91 Å². The second kappa shape index (κ2) is 7.78. The van der Waals surface area contributed by atoms with Crippen LogP contribution in [0, 0.1) is 17.2 Å². The number of ether oxygens (including phenoxy) is 1. The number of nitrogens with two attached hydrogens (primary N) is 1. The SMILES string of the molecule is CC(=O)Oc1cccc(C(=O)N[C@@H](C(N)=O)[C@H](C)CC#N)c1. The summed E-state index contributed by atoms with van der Waals surface area (Å²) in [6.07, 6.45) is 0.0847. The molecule has 22 heavy (non-hydrogen) atoms. The minimum Gasteiger partial charge on any atom is -0.427 e. The molecule has 0 aliphatic heterocycles. The summed E-state index contributed by atoms with van der Waals surface area (Å²) in [5, 5.41) is 11.2. The minimum atomic E-state index is -0.954. The van der Waals surface area contributed by atoms with E-state index < -0.39 is 29.7 Å². The molecule has 7 heteroatoms. The number of carbonyl (C=O) groups is 3. The fourth-order valence-electron chi connectivity index (χ4n) is 1.85. The first-order valence-electron chi connectivity index (χ1n) is 6.60. The zero-order valence-electron chi connectivity index (χ0n) is 12.3. The number of hydrogen-bond donors (Lipinski definition) is 2. The number of esters is 1. The second-order valence-electron chi connectivity index (χ2n) is 4.81. The number of nitrogens with one attached hydrogen (secondary N) is 1. The van der Waals surface area contributed by atoms with Gasteiger partial charge in [-0.1, -0.05) is 13.0 Å². The van der Waals surface area contributed by atoms with Gasteiger partial charge in [0.05, 0.1) is 6.07 Å². The van der Waals surface area contributed by atoms with Crippen molar-refractivity contribution in [3.05, 3.63) is 29.8 Å². The molecular weight excluding hydrogens is 286 g/mol. The number of hydrogen-bond acceptors (Lipinski definition) is 5. The van der Waals surface area contributed by atoms with Crippen LogP contribution in [0.5, 0.6) is 5.75 Å². The molecule has 0 radical (unpaired) electrons. The van der Waals surface area contributed by atoms with Gasteiger partial charge in [-0.05, 0) is 24.1 Å². The zero-order valence-corrected chi connectivity index (χ0v) is 12.3. The number of amides is 2. The average Bonchev–Trinajstić information content (AvgIpc) is 2.43. The molecule has 1 aromatic carbocycles. The third-order valence-electron chi connectivity index (χ3n) is 2.93. The third kappa shape index (κ3) is 4.90. The highest BCUT2D eigenvalue weighted by Gasteiger charge is 2.25. The van der Waals surface area contributed by atoms with E-state index in [-0.39, 0.29) is 17.7 Å². The molecule has 0 bridgehead atoms. The van der Waals surface area contributed by atoms with E-state index in [0.717, 1.165) is 0 Å². The number of carbonyl (C=O) groups excluding carboxylic acids is 3. The van der Waals surface area contributed by atoms with Crippen molar-refractivity contribution in [2.75, 3.05) is 0 Å². The van der Waals surface area contributed by atoms with Gasteiger partial charge >= 0.3 is 5.97 Å². The van der Waals surface area contributed by atoms with Gasteiger partial charge in [0.1, 0.15) is 11.8 Å². The number of primary amides is 1. The Bertz CT molecular complexity index is 621. The largest absolute Gasteiger partial charge is 0.427 e. The Morgan fingerprint density at radius 3 is 2.64 bits per heavy atom. The van der Waals surface area contributed by atoms with E-state index in [1.165, 1.54) is 25.1 Å². The Morgan fingerprint density at radius 1 is 1.41 bits per heavy atom. The van der Waals surface area contributed by atoms with Crippen LogP contribution in [0.15, 0.2) is 24.3 Å². The van der Waals surface area contributed by atoms with Gasteiger partial charge in [0, 0.05) is 18.9 Å². The van der Waals surface area contributed by atoms with Crippen LogP contribution in [-0.4, -0.2) is 23.8 Å². The molecule has 0 saturated carbocycles. The molecule has 0 fully saturated rings. The fraction of sp³-hybridized carbons (Fsp3) is 0.333. The summed E-state index contributed by atoms with van der Waals surface area (Å²) < 4.78 is 4.89. The lowest BCUT2D eigenvalue weighted by molar-refractivity contribution is -0.131. The molecule has 0 aromatic heterocycles. The quantitative estimate of drug-likeness (QED) is 0.593. The van der Waals surface area contributed by atoms with Crippen LogP contribution in [0.3, 0.4) is 0 Å². The van der Waals surface area contributed by atoms with Crippen LogP contribution in [0.4, 0.5) is 0 Å². The molecule has 116 valence electrons. The first kappa shape index (κ1) is 17.2. The molecule has 0 saturated heterocycles. The van der Waals surface area contributed by atoms with E-state index >= 15 is 0 Å². The molecule has 1 rings (SSSR count). The van der Waals surface area contributed by atoms with Gasteiger partial charge in [-0.25, -0.2) is 0 Å². The molecular formula is C15H17N3O4. The predicted octanol–water partition coefficient (Wildman–Crippen LogP) is 0.745. The van der Waals surface area contributed by atoms with Crippen molar-refractivity contribution in [1.29, 1.82) is 5.26 Å². The van der Waals surface area contributed by atoms with Gasteiger partial charge in [-0.15, -0.1) is 0 Å². The molecule has 7 nitrogen and oxygen atoms in total. The molecule has 1 aromatic rings. The first-order chi connectivity index (χ1) is 10.3. The topological polar surface area (TPSA) is 122 Å².